The molecular formula is C28H28F6N4O2. The van der Waals surface area contributed by atoms with Gasteiger partial charge in [-0.15, -0.1) is 0 Å². The van der Waals surface area contributed by atoms with Crippen LogP contribution in [-0.2, 0) is 18.9 Å². The van der Waals surface area contributed by atoms with Crippen LogP contribution in [-0.4, -0.2) is 73.2 Å². The van der Waals surface area contributed by atoms with E-state index in [0.29, 0.717) is 25.2 Å². The highest BCUT2D eigenvalue weighted by Gasteiger charge is 2.39. The lowest BCUT2D eigenvalue weighted by atomic mass is 10.0. The molecule has 2 saturated heterocycles. The van der Waals surface area contributed by atoms with E-state index in [1.165, 1.54) is 10.5 Å². The monoisotopic (exact) mass is 566 g/mol. The van der Waals surface area contributed by atoms with Gasteiger partial charge in [0.1, 0.15) is 5.75 Å². The maximum Gasteiger partial charge on any atom is 0.416 e. The second kappa shape index (κ2) is 10.8. The first-order chi connectivity index (χ1) is 18.9. The molecule has 1 N–H and O–H groups in total. The Morgan fingerprint density at radius 3 is 2.05 bits per heavy atom. The summed E-state index contributed by atoms with van der Waals surface area (Å²) < 4.78 is 83.9. The number of rotatable bonds is 5. The number of hydrogen-bond acceptors (Lipinski definition) is 4. The van der Waals surface area contributed by atoms with Crippen LogP contribution in [0.2, 0.25) is 0 Å². The lowest BCUT2D eigenvalue weighted by Gasteiger charge is -2.48. The number of likely N-dealkylation sites (tertiary alicyclic amines) is 1. The van der Waals surface area contributed by atoms with Crippen molar-refractivity contribution in [3.8, 4) is 5.75 Å². The zero-order chi connectivity index (χ0) is 28.7. The van der Waals surface area contributed by atoms with E-state index in [-0.39, 0.29) is 12.1 Å². The largest absolute Gasteiger partial charge is 0.497 e. The first-order valence-electron chi connectivity index (χ1n) is 12.8. The van der Waals surface area contributed by atoms with Gasteiger partial charge in [0, 0.05) is 57.5 Å². The third-order valence-corrected chi connectivity index (χ3v) is 7.43. The van der Waals surface area contributed by atoms with E-state index in [9.17, 15) is 31.1 Å². The van der Waals surface area contributed by atoms with Crippen LogP contribution in [0.1, 0.15) is 16.7 Å². The van der Waals surface area contributed by atoms with Gasteiger partial charge in [-0.05, 0) is 52.7 Å². The number of piperazine rings is 1. The molecule has 6 nitrogen and oxygen atoms in total. The lowest BCUT2D eigenvalue weighted by molar-refractivity contribution is -0.143. The van der Waals surface area contributed by atoms with Gasteiger partial charge >= 0.3 is 18.4 Å². The fraction of sp³-hybridized carbons (Fsp3) is 0.393. The van der Waals surface area contributed by atoms with Crippen LogP contribution < -0.4 is 10.1 Å². The second-order valence-electron chi connectivity index (χ2n) is 10.1. The number of fused-ring (bicyclic) bond motifs is 1. The summed E-state index contributed by atoms with van der Waals surface area (Å²) in [5.74, 6) is 0.815. The molecule has 5 rings (SSSR count). The predicted molar refractivity (Wildman–Crippen MR) is 138 cm³/mol. The molecule has 2 heterocycles. The van der Waals surface area contributed by atoms with Crippen molar-refractivity contribution < 1.29 is 35.9 Å². The summed E-state index contributed by atoms with van der Waals surface area (Å²) in [6, 6.07) is 12.8. The highest BCUT2D eigenvalue weighted by molar-refractivity contribution is 5.90. The first-order valence-corrected chi connectivity index (χ1v) is 12.8. The highest BCUT2D eigenvalue weighted by atomic mass is 19.4. The molecule has 3 aromatic carbocycles. The number of amides is 2. The predicted octanol–water partition coefficient (Wildman–Crippen LogP) is 5.92. The quantitative estimate of drug-likeness (QED) is 0.390. The average molecular weight is 567 g/mol. The Balaban J connectivity index is 1.11. The zero-order valence-corrected chi connectivity index (χ0v) is 21.6. The van der Waals surface area contributed by atoms with Crippen LogP contribution in [0.3, 0.4) is 0 Å². The molecule has 2 aliphatic heterocycles. The minimum absolute atomic E-state index is 0.0341. The van der Waals surface area contributed by atoms with Gasteiger partial charge < -0.3 is 15.0 Å². The van der Waals surface area contributed by atoms with E-state index in [1.807, 2.05) is 18.2 Å². The average Bonchev–Trinajstić information content (AvgIpc) is 2.87. The smallest absolute Gasteiger partial charge is 0.416 e. The van der Waals surface area contributed by atoms with Crippen molar-refractivity contribution in [2.75, 3.05) is 51.7 Å². The molecule has 0 radical (unpaired) electrons. The Hall–Kier alpha value is -3.51. The number of carbonyl (C=O) groups is 1. The van der Waals surface area contributed by atoms with Crippen molar-refractivity contribution in [1.82, 2.24) is 14.7 Å². The topological polar surface area (TPSA) is 48.1 Å². The molecule has 2 fully saturated rings. The van der Waals surface area contributed by atoms with E-state index < -0.39 is 35.2 Å². The number of halogens is 6. The minimum atomic E-state index is -4.98. The second-order valence-corrected chi connectivity index (χ2v) is 10.1. The molecule has 2 amide bonds. The minimum Gasteiger partial charge on any atom is -0.497 e. The maximum atomic E-state index is 13.1. The van der Waals surface area contributed by atoms with Crippen molar-refractivity contribution in [3.05, 3.63) is 71.3 Å². The van der Waals surface area contributed by atoms with E-state index in [1.54, 1.807) is 7.11 Å². The van der Waals surface area contributed by atoms with Gasteiger partial charge in [0.15, 0.2) is 0 Å². The Morgan fingerprint density at radius 1 is 0.850 bits per heavy atom. The van der Waals surface area contributed by atoms with E-state index in [2.05, 4.69) is 33.3 Å². The van der Waals surface area contributed by atoms with Gasteiger partial charge in [0.05, 0.1) is 18.2 Å². The van der Waals surface area contributed by atoms with Crippen LogP contribution in [0.5, 0.6) is 5.75 Å². The van der Waals surface area contributed by atoms with Gasteiger partial charge in [-0.3, -0.25) is 9.80 Å². The van der Waals surface area contributed by atoms with E-state index in [4.69, 9.17) is 4.74 Å². The fourth-order valence-electron chi connectivity index (χ4n) is 5.13. The van der Waals surface area contributed by atoms with Crippen LogP contribution in [0, 0.1) is 0 Å². The number of benzene rings is 3. The molecular weight excluding hydrogens is 538 g/mol. The molecule has 3 aromatic rings. The summed E-state index contributed by atoms with van der Waals surface area (Å²) in [6.45, 7) is 4.80. The molecule has 0 spiro atoms. The SMILES string of the molecule is COc1ccc2cc(CN3CCN(C4CN(C(=O)Nc5cc(C(F)(F)F)cc(C(F)(F)F)c5)C4)CC3)ccc2c1. The summed E-state index contributed by atoms with van der Waals surface area (Å²) in [7, 11) is 1.64. The maximum absolute atomic E-state index is 13.1. The van der Waals surface area contributed by atoms with Gasteiger partial charge in [-0.2, -0.15) is 26.3 Å². The Morgan fingerprint density at radius 2 is 1.45 bits per heavy atom. The number of hydrogen-bond donors (Lipinski definition) is 1. The van der Waals surface area contributed by atoms with Crippen LogP contribution in [0.15, 0.2) is 54.6 Å². The summed E-state index contributed by atoms with van der Waals surface area (Å²) in [4.78, 5) is 18.6. The summed E-state index contributed by atoms with van der Waals surface area (Å²) in [6.07, 6.45) is -9.96. The third kappa shape index (κ3) is 6.28. The number of nitrogens with one attached hydrogen (secondary N) is 1. The normalized spacial score (nSPS) is 17.6. The van der Waals surface area contributed by atoms with Crippen molar-refractivity contribution in [2.45, 2.75) is 24.9 Å². The number of urea groups is 1. The summed E-state index contributed by atoms with van der Waals surface area (Å²) in [5, 5.41) is 4.45. The number of methoxy groups -OCH3 is 1. The number of alkyl halides is 6. The van der Waals surface area contributed by atoms with Crippen LogP contribution >= 0.6 is 0 Å². The van der Waals surface area contributed by atoms with Gasteiger partial charge in [-0.25, -0.2) is 4.79 Å². The third-order valence-electron chi connectivity index (χ3n) is 7.43. The standard InChI is InChI=1S/C28H28F6N4O2/c1-40-25-5-4-19-10-18(2-3-20(19)11-25)15-36-6-8-37(9-7-36)24-16-38(17-24)26(39)35-23-13-21(27(29,30)31)12-22(14-23)28(32,33)34/h2-5,10-14,24H,6-9,15-17H2,1H3,(H,35,39). The van der Waals surface area contributed by atoms with E-state index in [0.717, 1.165) is 49.2 Å². The van der Waals surface area contributed by atoms with Crippen molar-refractivity contribution in [1.29, 1.82) is 0 Å². The van der Waals surface area contributed by atoms with Gasteiger partial charge in [0.25, 0.3) is 0 Å². The Kier molecular flexibility index (Phi) is 7.58. The number of nitrogens with zero attached hydrogens (tertiary/aromatic N) is 3. The van der Waals surface area contributed by atoms with Crippen LogP contribution in [0.25, 0.3) is 10.8 Å². The van der Waals surface area contributed by atoms with Crippen LogP contribution in [0.4, 0.5) is 36.8 Å². The molecule has 0 saturated carbocycles. The number of anilines is 1. The van der Waals surface area contributed by atoms with Crippen molar-refractivity contribution >= 4 is 22.5 Å². The van der Waals surface area contributed by atoms with E-state index >= 15 is 0 Å². The van der Waals surface area contributed by atoms with Crippen molar-refractivity contribution in [2.24, 2.45) is 0 Å². The molecule has 0 atom stereocenters. The van der Waals surface area contributed by atoms with Crippen molar-refractivity contribution in [3.63, 3.8) is 0 Å². The van der Waals surface area contributed by atoms with Gasteiger partial charge in [0.2, 0.25) is 0 Å². The summed E-state index contributed by atoms with van der Waals surface area (Å²) in [5.41, 5.74) is -2.28. The Bertz CT molecular complexity index is 1350. The molecule has 0 bridgehead atoms. The first kappa shape index (κ1) is 28.0. The van der Waals surface area contributed by atoms with Gasteiger partial charge in [-0.1, -0.05) is 18.2 Å². The molecule has 40 heavy (non-hydrogen) atoms. The number of carbonyl (C=O) groups excluding carboxylic acids is 1. The molecule has 12 heteroatoms. The fourth-order valence-corrected chi connectivity index (χ4v) is 5.13. The Labute approximate surface area is 227 Å². The summed E-state index contributed by atoms with van der Waals surface area (Å²) >= 11 is 0. The molecule has 0 aromatic heterocycles. The lowest BCUT2D eigenvalue weighted by Crippen LogP contribution is -2.64. The zero-order valence-electron chi connectivity index (χ0n) is 21.6. The molecule has 214 valence electrons. The molecule has 0 unspecified atom stereocenters. The molecule has 2 aliphatic rings. The molecule has 0 aliphatic carbocycles. The number of ether oxygens (including phenoxy) is 1. The highest BCUT2D eigenvalue weighted by Crippen LogP contribution is 2.37.